The molecule has 1 aromatic carbocycles. The lowest BCUT2D eigenvalue weighted by Crippen LogP contribution is -2.23. The van der Waals surface area contributed by atoms with Crippen LogP contribution in [0.4, 0.5) is 0 Å². The maximum Gasteiger partial charge on any atom is 0.0408 e. The van der Waals surface area contributed by atoms with E-state index < -0.39 is 0 Å². The Morgan fingerprint density at radius 2 is 2.40 bits per heavy atom. The second-order valence-electron chi connectivity index (χ2n) is 4.15. The summed E-state index contributed by atoms with van der Waals surface area (Å²) in [5.74, 6) is 1.10. The van der Waals surface area contributed by atoms with E-state index in [9.17, 15) is 0 Å². The fourth-order valence-corrected chi connectivity index (χ4v) is 2.56. The van der Waals surface area contributed by atoms with Crippen LogP contribution in [0.1, 0.15) is 17.9 Å². The molecule has 1 aliphatic heterocycles. The van der Waals surface area contributed by atoms with Crippen LogP contribution >= 0.6 is 11.6 Å². The van der Waals surface area contributed by atoms with Gasteiger partial charge in [-0.05, 0) is 49.7 Å². The van der Waals surface area contributed by atoms with Gasteiger partial charge in [-0.2, -0.15) is 0 Å². The van der Waals surface area contributed by atoms with Gasteiger partial charge in [-0.3, -0.25) is 0 Å². The highest BCUT2D eigenvalue weighted by molar-refractivity contribution is 6.30. The molecule has 0 radical (unpaired) electrons. The third-order valence-corrected chi connectivity index (χ3v) is 3.43. The minimum atomic E-state index is 0.443. The zero-order valence-corrected chi connectivity index (χ0v) is 9.50. The molecule has 1 aliphatic rings. The van der Waals surface area contributed by atoms with Crippen molar-refractivity contribution in [2.75, 3.05) is 19.6 Å². The summed E-state index contributed by atoms with van der Waals surface area (Å²) in [4.78, 5) is 0. The van der Waals surface area contributed by atoms with Gasteiger partial charge in [0.25, 0.3) is 0 Å². The van der Waals surface area contributed by atoms with Crippen molar-refractivity contribution in [1.29, 1.82) is 0 Å². The van der Waals surface area contributed by atoms with Crippen LogP contribution < -0.4 is 11.1 Å². The van der Waals surface area contributed by atoms with E-state index in [0.717, 1.165) is 18.1 Å². The van der Waals surface area contributed by atoms with E-state index in [-0.39, 0.29) is 0 Å². The van der Waals surface area contributed by atoms with Gasteiger partial charge in [0.15, 0.2) is 0 Å². The van der Waals surface area contributed by atoms with Crippen LogP contribution in [0.15, 0.2) is 24.3 Å². The second-order valence-corrected chi connectivity index (χ2v) is 4.59. The van der Waals surface area contributed by atoms with Crippen molar-refractivity contribution in [2.24, 2.45) is 11.7 Å². The number of nitrogens with one attached hydrogen (secondary N) is 1. The fraction of sp³-hybridized carbons (Fsp3) is 0.500. The Hall–Kier alpha value is -0.570. The van der Waals surface area contributed by atoms with E-state index in [1.54, 1.807) is 0 Å². The van der Waals surface area contributed by atoms with Crippen LogP contribution in [0.2, 0.25) is 5.02 Å². The molecule has 0 aromatic heterocycles. The van der Waals surface area contributed by atoms with E-state index in [1.807, 2.05) is 18.2 Å². The molecule has 3 N–H and O–H groups in total. The van der Waals surface area contributed by atoms with E-state index in [2.05, 4.69) is 11.4 Å². The number of hydrogen-bond donors (Lipinski definition) is 2. The van der Waals surface area contributed by atoms with Crippen molar-refractivity contribution < 1.29 is 0 Å². The normalized spacial score (nSPS) is 22.9. The zero-order chi connectivity index (χ0) is 10.7. The zero-order valence-electron chi connectivity index (χ0n) is 8.75. The molecule has 2 nitrogen and oxygen atoms in total. The Balaban J connectivity index is 2.18. The van der Waals surface area contributed by atoms with Gasteiger partial charge in [0, 0.05) is 10.9 Å². The summed E-state index contributed by atoms with van der Waals surface area (Å²) < 4.78 is 0. The summed E-state index contributed by atoms with van der Waals surface area (Å²) in [6, 6.07) is 8.08. The summed E-state index contributed by atoms with van der Waals surface area (Å²) in [6.45, 7) is 2.89. The number of nitrogens with two attached hydrogens (primary N) is 1. The maximum atomic E-state index is 6.00. The number of rotatable bonds is 3. The lowest BCUT2D eigenvalue weighted by Gasteiger charge is -2.21. The summed E-state index contributed by atoms with van der Waals surface area (Å²) in [5.41, 5.74) is 7.14. The largest absolute Gasteiger partial charge is 0.330 e. The van der Waals surface area contributed by atoms with Crippen LogP contribution in [0.25, 0.3) is 0 Å². The Labute approximate surface area is 95.8 Å². The smallest absolute Gasteiger partial charge is 0.0408 e. The molecule has 0 saturated carbocycles. The van der Waals surface area contributed by atoms with Crippen molar-refractivity contribution in [2.45, 2.75) is 12.3 Å². The van der Waals surface area contributed by atoms with E-state index >= 15 is 0 Å². The van der Waals surface area contributed by atoms with Gasteiger partial charge >= 0.3 is 0 Å². The molecule has 2 rings (SSSR count). The van der Waals surface area contributed by atoms with Crippen molar-refractivity contribution in [3.8, 4) is 0 Å². The molecule has 1 aromatic rings. The predicted molar refractivity (Wildman–Crippen MR) is 64.2 cm³/mol. The molecule has 0 aliphatic carbocycles. The van der Waals surface area contributed by atoms with Gasteiger partial charge in [-0.25, -0.2) is 0 Å². The van der Waals surface area contributed by atoms with Gasteiger partial charge in [-0.15, -0.1) is 0 Å². The van der Waals surface area contributed by atoms with E-state index in [0.29, 0.717) is 18.4 Å². The molecule has 82 valence electrons. The molecule has 15 heavy (non-hydrogen) atoms. The lowest BCUT2D eigenvalue weighted by molar-refractivity contribution is 0.464. The van der Waals surface area contributed by atoms with Crippen molar-refractivity contribution in [1.82, 2.24) is 5.32 Å². The fourth-order valence-electron chi connectivity index (χ4n) is 2.36. The molecular formula is C12H17ClN2. The SMILES string of the molecule is NCC(c1cccc(Cl)c1)C1CCNC1. The number of hydrogen-bond acceptors (Lipinski definition) is 2. The van der Waals surface area contributed by atoms with Gasteiger partial charge in [0.1, 0.15) is 0 Å². The summed E-state index contributed by atoms with van der Waals surface area (Å²) >= 11 is 6.00. The van der Waals surface area contributed by atoms with E-state index in [4.69, 9.17) is 17.3 Å². The standard InChI is InChI=1S/C12H17ClN2/c13-11-3-1-2-9(6-11)12(7-14)10-4-5-15-8-10/h1-3,6,10,12,15H,4-5,7-8,14H2. The van der Waals surface area contributed by atoms with Crippen LogP contribution in [-0.4, -0.2) is 19.6 Å². The highest BCUT2D eigenvalue weighted by atomic mass is 35.5. The van der Waals surface area contributed by atoms with Gasteiger partial charge in [-0.1, -0.05) is 23.7 Å². The Kier molecular flexibility index (Phi) is 3.62. The summed E-state index contributed by atoms with van der Waals surface area (Å²) in [5, 5.41) is 4.19. The first-order chi connectivity index (χ1) is 7.31. The van der Waals surface area contributed by atoms with Crippen LogP contribution in [0.5, 0.6) is 0 Å². The molecule has 2 unspecified atom stereocenters. The predicted octanol–water partition coefficient (Wildman–Crippen LogP) is 1.99. The number of benzene rings is 1. The molecule has 0 bridgehead atoms. The molecule has 1 fully saturated rings. The average molecular weight is 225 g/mol. The minimum Gasteiger partial charge on any atom is -0.330 e. The lowest BCUT2D eigenvalue weighted by atomic mass is 9.85. The molecule has 0 spiro atoms. The highest BCUT2D eigenvalue weighted by Crippen LogP contribution is 2.29. The first-order valence-corrected chi connectivity index (χ1v) is 5.85. The van der Waals surface area contributed by atoms with Crippen molar-refractivity contribution in [3.05, 3.63) is 34.9 Å². The summed E-state index contributed by atoms with van der Waals surface area (Å²) in [7, 11) is 0. The van der Waals surface area contributed by atoms with Crippen molar-refractivity contribution >= 4 is 11.6 Å². The average Bonchev–Trinajstić information content (AvgIpc) is 2.72. The summed E-state index contributed by atoms with van der Waals surface area (Å²) in [6.07, 6.45) is 1.22. The van der Waals surface area contributed by atoms with E-state index in [1.165, 1.54) is 12.0 Å². The number of halogens is 1. The quantitative estimate of drug-likeness (QED) is 0.824. The molecule has 1 saturated heterocycles. The molecule has 3 heteroatoms. The van der Waals surface area contributed by atoms with Gasteiger partial charge in [0.05, 0.1) is 0 Å². The third-order valence-electron chi connectivity index (χ3n) is 3.20. The molecule has 0 amide bonds. The van der Waals surface area contributed by atoms with Crippen molar-refractivity contribution in [3.63, 3.8) is 0 Å². The molecule has 2 atom stereocenters. The minimum absolute atomic E-state index is 0.443. The second kappa shape index (κ2) is 4.97. The topological polar surface area (TPSA) is 38.0 Å². The first-order valence-electron chi connectivity index (χ1n) is 5.47. The highest BCUT2D eigenvalue weighted by Gasteiger charge is 2.24. The Bertz CT molecular complexity index is 321. The van der Waals surface area contributed by atoms with Crippen LogP contribution in [-0.2, 0) is 0 Å². The van der Waals surface area contributed by atoms with Gasteiger partial charge in [0.2, 0.25) is 0 Å². The first kappa shape index (κ1) is 10.9. The molecular weight excluding hydrogens is 208 g/mol. The maximum absolute atomic E-state index is 6.00. The third kappa shape index (κ3) is 2.51. The van der Waals surface area contributed by atoms with Gasteiger partial charge < -0.3 is 11.1 Å². The monoisotopic (exact) mass is 224 g/mol. The Morgan fingerprint density at radius 3 is 3.00 bits per heavy atom. The Morgan fingerprint density at radius 1 is 1.53 bits per heavy atom. The van der Waals surface area contributed by atoms with Crippen LogP contribution in [0, 0.1) is 5.92 Å². The molecule has 1 heterocycles. The van der Waals surface area contributed by atoms with Crippen LogP contribution in [0.3, 0.4) is 0 Å².